The predicted octanol–water partition coefficient (Wildman–Crippen LogP) is 3.92. The Hall–Kier alpha value is -4.00. The van der Waals surface area contributed by atoms with Crippen LogP contribution in [0.1, 0.15) is 22.9 Å². The first-order valence-corrected chi connectivity index (χ1v) is 9.62. The second-order valence-electron chi connectivity index (χ2n) is 7.01. The molecular formula is C24H21NO6. The van der Waals surface area contributed by atoms with E-state index in [2.05, 4.69) is 0 Å². The maximum Gasteiger partial charge on any atom is 0.296 e. The molecule has 4 rings (SSSR count). The van der Waals surface area contributed by atoms with Crippen LogP contribution in [0.2, 0.25) is 0 Å². The molecule has 1 amide bonds. The van der Waals surface area contributed by atoms with Crippen LogP contribution in [0.3, 0.4) is 0 Å². The number of ketones is 1. The number of hydrogen-bond donors (Lipinski definition) is 1. The van der Waals surface area contributed by atoms with Crippen LogP contribution in [0.5, 0.6) is 11.5 Å². The van der Waals surface area contributed by atoms with Crippen LogP contribution in [0.4, 0.5) is 0 Å². The molecule has 1 unspecified atom stereocenters. The first kappa shape index (κ1) is 20.3. The van der Waals surface area contributed by atoms with Crippen LogP contribution in [-0.4, -0.2) is 35.9 Å². The molecule has 0 bridgehead atoms. The molecule has 2 heterocycles. The zero-order valence-electron chi connectivity index (χ0n) is 17.1. The van der Waals surface area contributed by atoms with Gasteiger partial charge in [0, 0.05) is 5.56 Å². The summed E-state index contributed by atoms with van der Waals surface area (Å²) in [7, 11) is 3.07. The van der Waals surface area contributed by atoms with E-state index < -0.39 is 17.7 Å². The van der Waals surface area contributed by atoms with Gasteiger partial charge in [0.2, 0.25) is 0 Å². The van der Waals surface area contributed by atoms with Crippen molar-refractivity contribution in [3.8, 4) is 11.5 Å². The number of benzene rings is 2. The number of carbonyl (C=O) groups excluding carboxylic acids is 2. The van der Waals surface area contributed by atoms with Gasteiger partial charge in [0.15, 0.2) is 0 Å². The molecule has 0 spiro atoms. The Balaban J connectivity index is 1.86. The Labute approximate surface area is 179 Å². The highest BCUT2D eigenvalue weighted by molar-refractivity contribution is 6.46. The molecule has 31 heavy (non-hydrogen) atoms. The van der Waals surface area contributed by atoms with E-state index in [0.717, 1.165) is 0 Å². The highest BCUT2D eigenvalue weighted by Crippen LogP contribution is 2.41. The molecule has 1 saturated heterocycles. The van der Waals surface area contributed by atoms with Gasteiger partial charge in [-0.15, -0.1) is 0 Å². The largest absolute Gasteiger partial charge is 0.507 e. The number of ether oxygens (including phenoxy) is 2. The highest BCUT2D eigenvalue weighted by atomic mass is 16.5. The van der Waals surface area contributed by atoms with E-state index in [0.29, 0.717) is 28.4 Å². The number of nitrogens with zero attached hydrogens (tertiary/aromatic N) is 1. The third-order valence-corrected chi connectivity index (χ3v) is 5.22. The average molecular weight is 419 g/mol. The molecule has 3 aromatic rings. The van der Waals surface area contributed by atoms with E-state index in [4.69, 9.17) is 13.9 Å². The lowest BCUT2D eigenvalue weighted by molar-refractivity contribution is -0.140. The fourth-order valence-corrected chi connectivity index (χ4v) is 3.67. The van der Waals surface area contributed by atoms with Crippen LogP contribution < -0.4 is 9.47 Å². The smallest absolute Gasteiger partial charge is 0.296 e. The first-order chi connectivity index (χ1) is 15.0. The van der Waals surface area contributed by atoms with Gasteiger partial charge in [-0.2, -0.15) is 0 Å². The zero-order chi connectivity index (χ0) is 22.0. The van der Waals surface area contributed by atoms with Gasteiger partial charge in [0.05, 0.1) is 38.6 Å². The van der Waals surface area contributed by atoms with Crippen LogP contribution in [0.15, 0.2) is 76.9 Å². The number of Topliss-reactive ketones (excluding diaryl/α,β-unsaturated/α-hetero) is 1. The molecule has 7 heteroatoms. The van der Waals surface area contributed by atoms with Crippen molar-refractivity contribution in [3.63, 3.8) is 0 Å². The molecule has 1 aliphatic heterocycles. The van der Waals surface area contributed by atoms with Crippen LogP contribution in [-0.2, 0) is 16.1 Å². The fourth-order valence-electron chi connectivity index (χ4n) is 3.67. The summed E-state index contributed by atoms with van der Waals surface area (Å²) in [6.07, 6.45) is 1.50. The summed E-state index contributed by atoms with van der Waals surface area (Å²) in [5.74, 6) is -0.0365. The number of aliphatic hydroxyl groups is 1. The highest BCUT2D eigenvalue weighted by Gasteiger charge is 2.46. The molecule has 1 aromatic heterocycles. The quantitative estimate of drug-likeness (QED) is 0.370. The second kappa shape index (κ2) is 8.39. The van der Waals surface area contributed by atoms with E-state index in [1.807, 2.05) is 0 Å². The molecule has 7 nitrogen and oxygen atoms in total. The lowest BCUT2D eigenvalue weighted by atomic mass is 9.95. The Morgan fingerprint density at radius 3 is 2.39 bits per heavy atom. The number of aliphatic hydroxyl groups excluding tert-OH is 1. The molecule has 1 N–H and O–H groups in total. The summed E-state index contributed by atoms with van der Waals surface area (Å²) in [4.78, 5) is 27.4. The molecule has 0 saturated carbocycles. The lowest BCUT2D eigenvalue weighted by Gasteiger charge is -2.24. The molecule has 2 aromatic carbocycles. The van der Waals surface area contributed by atoms with Gasteiger partial charge < -0.3 is 23.9 Å². The molecular weight excluding hydrogens is 398 g/mol. The standard InChI is InChI=1S/C24H21NO6/c1-29-17-10-8-15(9-11-17)21-20(22(26)16-5-3-6-18(13-16)30-2)23(27)24(28)25(21)14-19-7-4-12-31-19/h3-13,21,26H,14H2,1-2H3/b22-20+. The molecule has 1 fully saturated rings. The first-order valence-electron chi connectivity index (χ1n) is 9.62. The van der Waals surface area contributed by atoms with Gasteiger partial charge in [0.25, 0.3) is 11.7 Å². The molecule has 0 aliphatic carbocycles. The zero-order valence-corrected chi connectivity index (χ0v) is 17.1. The van der Waals surface area contributed by atoms with Gasteiger partial charge in [-0.1, -0.05) is 24.3 Å². The van der Waals surface area contributed by atoms with Crippen molar-refractivity contribution < 1.29 is 28.6 Å². The lowest BCUT2D eigenvalue weighted by Crippen LogP contribution is -2.29. The van der Waals surface area contributed by atoms with Gasteiger partial charge >= 0.3 is 0 Å². The molecule has 0 radical (unpaired) electrons. The number of likely N-dealkylation sites (tertiary alicyclic amines) is 1. The number of methoxy groups -OCH3 is 2. The minimum Gasteiger partial charge on any atom is -0.507 e. The summed E-state index contributed by atoms with van der Waals surface area (Å²) in [5, 5.41) is 11.1. The van der Waals surface area contributed by atoms with E-state index in [1.165, 1.54) is 18.3 Å². The molecule has 1 atom stereocenters. The summed E-state index contributed by atoms with van der Waals surface area (Å²) in [6.45, 7) is 0.0865. The number of amides is 1. The minimum absolute atomic E-state index is 0.00924. The van der Waals surface area contributed by atoms with Crippen molar-refractivity contribution in [2.75, 3.05) is 14.2 Å². The van der Waals surface area contributed by atoms with Gasteiger partial charge in [0.1, 0.15) is 23.0 Å². The summed E-state index contributed by atoms with van der Waals surface area (Å²) in [6, 6.07) is 16.4. The van der Waals surface area contributed by atoms with Crippen LogP contribution >= 0.6 is 0 Å². The summed E-state index contributed by atoms with van der Waals surface area (Å²) >= 11 is 0. The SMILES string of the molecule is COc1ccc(C2/C(=C(\O)c3cccc(OC)c3)C(=O)C(=O)N2Cc2ccco2)cc1. The van der Waals surface area contributed by atoms with E-state index >= 15 is 0 Å². The molecule has 1 aliphatic rings. The number of hydrogen-bond acceptors (Lipinski definition) is 6. The maximum atomic E-state index is 13.0. The van der Waals surface area contributed by atoms with Crippen molar-refractivity contribution in [2.24, 2.45) is 0 Å². The molecule has 158 valence electrons. The van der Waals surface area contributed by atoms with Gasteiger partial charge in [-0.05, 0) is 42.0 Å². The number of furan rings is 1. The fraction of sp³-hybridized carbons (Fsp3) is 0.167. The predicted molar refractivity (Wildman–Crippen MR) is 113 cm³/mol. The summed E-state index contributed by atoms with van der Waals surface area (Å²) in [5.41, 5.74) is 1.06. The van der Waals surface area contributed by atoms with Gasteiger partial charge in [-0.25, -0.2) is 0 Å². The number of carbonyl (C=O) groups is 2. The van der Waals surface area contributed by atoms with E-state index in [1.54, 1.807) is 67.8 Å². The Morgan fingerprint density at radius 1 is 1.00 bits per heavy atom. The van der Waals surface area contributed by atoms with Crippen LogP contribution in [0.25, 0.3) is 5.76 Å². The minimum atomic E-state index is -0.790. The van der Waals surface area contributed by atoms with Gasteiger partial charge in [-0.3, -0.25) is 9.59 Å². The Morgan fingerprint density at radius 2 is 1.74 bits per heavy atom. The third kappa shape index (κ3) is 3.77. The van der Waals surface area contributed by atoms with Crippen molar-refractivity contribution >= 4 is 17.4 Å². The average Bonchev–Trinajstić information content (AvgIpc) is 3.41. The monoisotopic (exact) mass is 419 g/mol. The number of rotatable bonds is 6. The van der Waals surface area contributed by atoms with E-state index in [9.17, 15) is 14.7 Å². The van der Waals surface area contributed by atoms with Crippen molar-refractivity contribution in [1.82, 2.24) is 4.90 Å². The normalized spacial score (nSPS) is 17.7. The second-order valence-corrected chi connectivity index (χ2v) is 7.01. The van der Waals surface area contributed by atoms with Crippen molar-refractivity contribution in [2.45, 2.75) is 12.6 Å². The van der Waals surface area contributed by atoms with E-state index in [-0.39, 0.29) is 17.9 Å². The maximum absolute atomic E-state index is 13.0. The Bertz CT molecular complexity index is 1130. The van der Waals surface area contributed by atoms with Crippen molar-refractivity contribution in [3.05, 3.63) is 89.4 Å². The Kier molecular flexibility index (Phi) is 5.49. The third-order valence-electron chi connectivity index (χ3n) is 5.22. The topological polar surface area (TPSA) is 89.2 Å². The summed E-state index contributed by atoms with van der Waals surface area (Å²) < 4.78 is 15.8. The van der Waals surface area contributed by atoms with Crippen molar-refractivity contribution in [1.29, 1.82) is 0 Å². The van der Waals surface area contributed by atoms with Crippen LogP contribution in [0, 0.1) is 0 Å².